The molecule has 0 unspecified atom stereocenters. The van der Waals surface area contributed by atoms with Crippen LogP contribution in [0.15, 0.2) is 36.9 Å². The normalized spacial score (nSPS) is 14.7. The molecule has 1 fully saturated rings. The van der Waals surface area contributed by atoms with Gasteiger partial charge < -0.3 is 10.2 Å². The van der Waals surface area contributed by atoms with Gasteiger partial charge in [0.2, 0.25) is 0 Å². The highest BCUT2D eigenvalue weighted by atomic mass is 16.1. The van der Waals surface area contributed by atoms with Crippen molar-refractivity contribution in [1.82, 2.24) is 24.9 Å². The van der Waals surface area contributed by atoms with Crippen molar-refractivity contribution in [1.29, 1.82) is 0 Å². The summed E-state index contributed by atoms with van der Waals surface area (Å²) in [7, 11) is 1.62. The Kier molecular flexibility index (Phi) is 4.05. The number of rotatable bonds is 3. The Morgan fingerprint density at radius 1 is 1.16 bits per heavy atom. The van der Waals surface area contributed by atoms with E-state index in [1.807, 2.05) is 22.7 Å². The third-order valence-electron chi connectivity index (χ3n) is 4.65. The molecule has 0 radical (unpaired) electrons. The van der Waals surface area contributed by atoms with Crippen LogP contribution >= 0.6 is 0 Å². The number of hydrogen-bond donors (Lipinski definition) is 1. The summed E-state index contributed by atoms with van der Waals surface area (Å²) >= 11 is 0. The van der Waals surface area contributed by atoms with Crippen molar-refractivity contribution in [2.75, 3.05) is 25.0 Å². The van der Waals surface area contributed by atoms with Crippen LogP contribution in [0.25, 0.3) is 16.8 Å². The van der Waals surface area contributed by atoms with Gasteiger partial charge in [-0.3, -0.25) is 9.78 Å². The van der Waals surface area contributed by atoms with Gasteiger partial charge in [-0.2, -0.15) is 5.10 Å². The van der Waals surface area contributed by atoms with E-state index in [2.05, 4.69) is 25.3 Å². The van der Waals surface area contributed by atoms with E-state index in [-0.39, 0.29) is 5.91 Å². The zero-order chi connectivity index (χ0) is 17.2. The number of nitrogens with one attached hydrogen (secondary N) is 1. The highest BCUT2D eigenvalue weighted by molar-refractivity contribution is 6.02. The largest absolute Gasteiger partial charge is 0.371 e. The van der Waals surface area contributed by atoms with E-state index in [9.17, 15) is 4.79 Å². The molecule has 4 rings (SSSR count). The number of amides is 1. The maximum absolute atomic E-state index is 12.5. The standard InChI is InChI=1S/C18H20N6O/c1-19-18(25)17-16(15-6-5-13-11-20-12-22-24(13)15)14(7-8-21-17)23-9-3-2-4-10-23/h5-8,11-12H,2-4,9-10H2,1H3,(H,19,25). The monoisotopic (exact) mass is 336 g/mol. The molecule has 1 saturated heterocycles. The molecule has 0 saturated carbocycles. The lowest BCUT2D eigenvalue weighted by Crippen LogP contribution is -2.31. The Hall–Kier alpha value is -2.96. The van der Waals surface area contributed by atoms with Gasteiger partial charge in [0.05, 0.1) is 28.7 Å². The Labute approximate surface area is 145 Å². The summed E-state index contributed by atoms with van der Waals surface area (Å²) in [5.41, 5.74) is 4.01. The lowest BCUT2D eigenvalue weighted by atomic mass is 10.0. The summed E-state index contributed by atoms with van der Waals surface area (Å²) in [6, 6.07) is 5.92. The summed E-state index contributed by atoms with van der Waals surface area (Å²) in [6.07, 6.45) is 8.55. The molecular formula is C18H20N6O. The third-order valence-corrected chi connectivity index (χ3v) is 4.65. The number of hydrogen-bond acceptors (Lipinski definition) is 5. The van der Waals surface area contributed by atoms with E-state index in [0.717, 1.165) is 48.4 Å². The van der Waals surface area contributed by atoms with Crippen LogP contribution in [0.1, 0.15) is 29.8 Å². The number of fused-ring (bicyclic) bond motifs is 1. The van der Waals surface area contributed by atoms with Crippen molar-refractivity contribution in [3.63, 3.8) is 0 Å². The van der Waals surface area contributed by atoms with E-state index in [0.29, 0.717) is 5.69 Å². The molecule has 1 amide bonds. The minimum absolute atomic E-state index is 0.196. The lowest BCUT2D eigenvalue weighted by Gasteiger charge is -2.31. The molecule has 0 aromatic carbocycles. The maximum atomic E-state index is 12.5. The fourth-order valence-corrected chi connectivity index (χ4v) is 3.44. The van der Waals surface area contributed by atoms with Crippen LogP contribution in [0.3, 0.4) is 0 Å². The fraction of sp³-hybridized carbons (Fsp3) is 0.333. The maximum Gasteiger partial charge on any atom is 0.270 e. The molecule has 0 atom stereocenters. The van der Waals surface area contributed by atoms with Gasteiger partial charge >= 0.3 is 0 Å². The summed E-state index contributed by atoms with van der Waals surface area (Å²) in [5, 5.41) is 7.06. The molecule has 128 valence electrons. The molecule has 7 nitrogen and oxygen atoms in total. The SMILES string of the molecule is CNC(=O)c1nccc(N2CCCCC2)c1-c1ccc2cncnn12. The highest BCUT2D eigenvalue weighted by Crippen LogP contribution is 2.35. The first kappa shape index (κ1) is 15.6. The topological polar surface area (TPSA) is 75.4 Å². The van der Waals surface area contributed by atoms with Crippen molar-refractivity contribution in [3.8, 4) is 11.3 Å². The fourth-order valence-electron chi connectivity index (χ4n) is 3.44. The van der Waals surface area contributed by atoms with Crippen molar-refractivity contribution in [3.05, 3.63) is 42.6 Å². The highest BCUT2D eigenvalue weighted by Gasteiger charge is 2.24. The van der Waals surface area contributed by atoms with Crippen LogP contribution in [-0.2, 0) is 0 Å². The number of nitrogens with zero attached hydrogens (tertiary/aromatic N) is 5. The second-order valence-electron chi connectivity index (χ2n) is 6.14. The number of carbonyl (C=O) groups is 1. The van der Waals surface area contributed by atoms with E-state index in [4.69, 9.17) is 0 Å². The molecular weight excluding hydrogens is 316 g/mol. The van der Waals surface area contributed by atoms with Crippen LogP contribution in [0.5, 0.6) is 0 Å². The number of piperidine rings is 1. The van der Waals surface area contributed by atoms with Gasteiger partial charge in [-0.1, -0.05) is 0 Å². The zero-order valence-corrected chi connectivity index (χ0v) is 14.1. The summed E-state index contributed by atoms with van der Waals surface area (Å²) < 4.78 is 1.81. The molecule has 1 aliphatic heterocycles. The summed E-state index contributed by atoms with van der Waals surface area (Å²) in [6.45, 7) is 1.98. The van der Waals surface area contributed by atoms with Gasteiger partial charge in [0.25, 0.3) is 5.91 Å². The third kappa shape index (κ3) is 2.71. The van der Waals surface area contributed by atoms with E-state index >= 15 is 0 Å². The van der Waals surface area contributed by atoms with Gasteiger partial charge in [0.15, 0.2) is 0 Å². The number of pyridine rings is 1. The van der Waals surface area contributed by atoms with Crippen LogP contribution in [0.4, 0.5) is 5.69 Å². The van der Waals surface area contributed by atoms with Gasteiger partial charge in [0, 0.05) is 26.3 Å². The second-order valence-corrected chi connectivity index (χ2v) is 6.14. The molecule has 1 N–H and O–H groups in total. The van der Waals surface area contributed by atoms with Gasteiger partial charge in [-0.15, -0.1) is 0 Å². The zero-order valence-electron chi connectivity index (χ0n) is 14.1. The summed E-state index contributed by atoms with van der Waals surface area (Å²) in [5.74, 6) is -0.196. The van der Waals surface area contributed by atoms with Crippen LogP contribution in [-0.4, -0.2) is 45.6 Å². The molecule has 0 bridgehead atoms. The average molecular weight is 336 g/mol. The summed E-state index contributed by atoms with van der Waals surface area (Å²) in [4.78, 5) is 23.2. The Morgan fingerprint density at radius 2 is 2.00 bits per heavy atom. The van der Waals surface area contributed by atoms with Crippen LogP contribution < -0.4 is 10.2 Å². The first-order valence-corrected chi connectivity index (χ1v) is 8.54. The minimum atomic E-state index is -0.196. The van der Waals surface area contributed by atoms with Crippen molar-refractivity contribution in [2.45, 2.75) is 19.3 Å². The van der Waals surface area contributed by atoms with Crippen LogP contribution in [0, 0.1) is 0 Å². The Bertz CT molecular complexity index is 913. The molecule has 7 heteroatoms. The second kappa shape index (κ2) is 6.51. The van der Waals surface area contributed by atoms with Gasteiger partial charge in [-0.25, -0.2) is 9.50 Å². The van der Waals surface area contributed by atoms with Crippen LogP contribution in [0.2, 0.25) is 0 Å². The van der Waals surface area contributed by atoms with Gasteiger partial charge in [0.1, 0.15) is 12.0 Å². The first-order chi connectivity index (χ1) is 12.3. The van der Waals surface area contributed by atoms with E-state index in [1.54, 1.807) is 19.4 Å². The van der Waals surface area contributed by atoms with Crippen molar-refractivity contribution >= 4 is 17.1 Å². The molecule has 0 aliphatic carbocycles. The number of anilines is 1. The van der Waals surface area contributed by atoms with Crippen molar-refractivity contribution in [2.24, 2.45) is 0 Å². The smallest absolute Gasteiger partial charge is 0.270 e. The predicted octanol–water partition coefficient (Wildman–Crippen LogP) is 2.14. The predicted molar refractivity (Wildman–Crippen MR) is 95.7 cm³/mol. The molecule has 1 aliphatic rings. The Morgan fingerprint density at radius 3 is 2.80 bits per heavy atom. The molecule has 3 aromatic heterocycles. The quantitative estimate of drug-likeness (QED) is 0.793. The Balaban J connectivity index is 1.95. The van der Waals surface area contributed by atoms with E-state index < -0.39 is 0 Å². The number of aromatic nitrogens is 4. The molecule has 4 heterocycles. The minimum Gasteiger partial charge on any atom is -0.371 e. The van der Waals surface area contributed by atoms with E-state index in [1.165, 1.54) is 12.7 Å². The molecule has 3 aromatic rings. The van der Waals surface area contributed by atoms with Gasteiger partial charge in [-0.05, 0) is 37.5 Å². The average Bonchev–Trinajstić information content (AvgIpc) is 3.11. The molecule has 25 heavy (non-hydrogen) atoms. The van der Waals surface area contributed by atoms with Crippen molar-refractivity contribution < 1.29 is 4.79 Å². The first-order valence-electron chi connectivity index (χ1n) is 8.54. The lowest BCUT2D eigenvalue weighted by molar-refractivity contribution is 0.0959. The number of carbonyl (C=O) groups excluding carboxylic acids is 1. The molecule has 0 spiro atoms.